The highest BCUT2D eigenvalue weighted by Gasteiger charge is 2.33. The molecule has 1 aliphatic heterocycles. The molecule has 3 amide bonds. The Morgan fingerprint density at radius 3 is 2.38 bits per heavy atom. The second-order valence-corrected chi connectivity index (χ2v) is 8.02. The summed E-state index contributed by atoms with van der Waals surface area (Å²) in [7, 11) is 0. The molecule has 2 aromatic rings. The predicted octanol–water partition coefficient (Wildman–Crippen LogP) is 3.24. The molecule has 1 N–H and O–H groups in total. The number of hydrogen-bond acceptors (Lipinski definition) is 4. The Hall–Kier alpha value is -2.80. The molecule has 0 bridgehead atoms. The number of para-hydroxylation sites is 1. The molecule has 1 fully saturated rings. The van der Waals surface area contributed by atoms with E-state index in [1.807, 2.05) is 56.5 Å². The fraction of sp³-hybridized carbons (Fsp3) is 0.318. The van der Waals surface area contributed by atoms with E-state index in [1.54, 1.807) is 33.7 Å². The lowest BCUT2D eigenvalue weighted by Gasteiger charge is -2.36. The summed E-state index contributed by atoms with van der Waals surface area (Å²) in [5.74, 6) is -1.11. The fourth-order valence-electron chi connectivity index (χ4n) is 3.26. The van der Waals surface area contributed by atoms with E-state index in [2.05, 4.69) is 5.32 Å². The minimum atomic E-state index is -0.472. The summed E-state index contributed by atoms with van der Waals surface area (Å²) in [4.78, 5) is 41.3. The monoisotopic (exact) mass is 411 g/mol. The fourth-order valence-corrected chi connectivity index (χ4v) is 3.81. The lowest BCUT2D eigenvalue weighted by atomic mass is 10.1. The smallest absolute Gasteiger partial charge is 0.312 e. The number of benzene rings is 2. The Labute approximate surface area is 175 Å². The van der Waals surface area contributed by atoms with Crippen LogP contribution in [0.3, 0.4) is 0 Å². The first-order valence-corrected chi connectivity index (χ1v) is 10.8. The summed E-state index contributed by atoms with van der Waals surface area (Å²) in [6.45, 7) is 5.21. The first-order chi connectivity index (χ1) is 13.9. The van der Waals surface area contributed by atoms with Crippen molar-refractivity contribution in [3.8, 4) is 0 Å². The zero-order valence-corrected chi connectivity index (χ0v) is 17.7. The highest BCUT2D eigenvalue weighted by molar-refractivity contribution is 7.98. The van der Waals surface area contributed by atoms with Crippen LogP contribution in [0, 0.1) is 0 Å². The number of carbonyl (C=O) groups is 3. The van der Waals surface area contributed by atoms with Gasteiger partial charge in [-0.1, -0.05) is 24.3 Å². The van der Waals surface area contributed by atoms with E-state index in [-0.39, 0.29) is 11.9 Å². The van der Waals surface area contributed by atoms with Crippen molar-refractivity contribution in [2.45, 2.75) is 31.3 Å². The second kappa shape index (κ2) is 9.13. The Bertz CT molecular complexity index is 912. The molecule has 6 nitrogen and oxygen atoms in total. The zero-order valence-electron chi connectivity index (χ0n) is 16.8. The lowest BCUT2D eigenvalue weighted by Crippen LogP contribution is -2.55. The molecule has 29 heavy (non-hydrogen) atoms. The minimum absolute atomic E-state index is 0.0163. The van der Waals surface area contributed by atoms with Crippen molar-refractivity contribution in [2.24, 2.45) is 0 Å². The Balaban J connectivity index is 1.64. The summed E-state index contributed by atoms with van der Waals surface area (Å²) in [5, 5.41) is 2.93. The molecular weight excluding hydrogens is 386 g/mol. The largest absolute Gasteiger partial charge is 0.330 e. The van der Waals surface area contributed by atoms with Gasteiger partial charge in [-0.05, 0) is 49.9 Å². The number of nitrogens with one attached hydrogen (secondary N) is 1. The molecule has 1 heterocycles. The Morgan fingerprint density at radius 2 is 1.72 bits per heavy atom. The molecule has 1 saturated heterocycles. The van der Waals surface area contributed by atoms with Gasteiger partial charge in [0.25, 0.3) is 5.91 Å². The second-order valence-electron chi connectivity index (χ2n) is 7.17. The van der Waals surface area contributed by atoms with Crippen molar-refractivity contribution in [2.75, 3.05) is 24.7 Å². The van der Waals surface area contributed by atoms with Gasteiger partial charge in [-0.25, -0.2) is 0 Å². The van der Waals surface area contributed by atoms with Crippen LogP contribution in [0.25, 0.3) is 0 Å². The molecule has 152 valence electrons. The number of hydrogen-bond donors (Lipinski definition) is 1. The van der Waals surface area contributed by atoms with Gasteiger partial charge in [0, 0.05) is 36.1 Å². The van der Waals surface area contributed by atoms with E-state index in [1.165, 1.54) is 0 Å². The number of anilines is 1. The van der Waals surface area contributed by atoms with Crippen molar-refractivity contribution >= 4 is 35.2 Å². The van der Waals surface area contributed by atoms with Crippen molar-refractivity contribution < 1.29 is 14.4 Å². The highest BCUT2D eigenvalue weighted by atomic mass is 32.2. The maximum atomic E-state index is 12.5. The van der Waals surface area contributed by atoms with Crippen LogP contribution in [-0.2, 0) is 16.1 Å². The Morgan fingerprint density at radius 1 is 1.03 bits per heavy atom. The summed E-state index contributed by atoms with van der Waals surface area (Å²) in [5.41, 5.74) is 2.20. The third-order valence-electron chi connectivity index (χ3n) is 4.91. The predicted molar refractivity (Wildman–Crippen MR) is 115 cm³/mol. The van der Waals surface area contributed by atoms with Crippen LogP contribution >= 0.6 is 11.8 Å². The third-order valence-corrected chi connectivity index (χ3v) is 5.71. The van der Waals surface area contributed by atoms with Gasteiger partial charge in [0.15, 0.2) is 0 Å². The SMILES string of the molecule is CSc1ccccc1NC(=O)c1ccc(CN2CCN(C(C)C)C(=O)C2=O)cc1. The highest BCUT2D eigenvalue weighted by Crippen LogP contribution is 2.25. The molecule has 3 rings (SSSR count). The van der Waals surface area contributed by atoms with Gasteiger partial charge in [0.2, 0.25) is 0 Å². The van der Waals surface area contributed by atoms with Crippen molar-refractivity contribution in [1.29, 1.82) is 0 Å². The summed E-state index contributed by atoms with van der Waals surface area (Å²) >= 11 is 1.57. The van der Waals surface area contributed by atoms with E-state index in [9.17, 15) is 14.4 Å². The lowest BCUT2D eigenvalue weighted by molar-refractivity contribution is -0.157. The number of piperazine rings is 1. The normalized spacial score (nSPS) is 14.5. The van der Waals surface area contributed by atoms with Gasteiger partial charge in [-0.15, -0.1) is 11.8 Å². The Kier molecular flexibility index (Phi) is 6.59. The van der Waals surface area contributed by atoms with Gasteiger partial charge < -0.3 is 15.1 Å². The number of amides is 3. The number of nitrogens with zero attached hydrogens (tertiary/aromatic N) is 2. The molecule has 7 heteroatoms. The maximum absolute atomic E-state index is 12.5. The molecule has 0 radical (unpaired) electrons. The van der Waals surface area contributed by atoms with Crippen LogP contribution in [-0.4, -0.2) is 52.9 Å². The molecule has 0 aromatic heterocycles. The van der Waals surface area contributed by atoms with E-state index in [0.717, 1.165) is 16.1 Å². The van der Waals surface area contributed by atoms with Crippen LogP contribution in [0.2, 0.25) is 0 Å². The van der Waals surface area contributed by atoms with E-state index in [0.29, 0.717) is 25.2 Å². The molecule has 0 saturated carbocycles. The van der Waals surface area contributed by atoms with Crippen molar-refractivity contribution in [3.05, 3.63) is 59.7 Å². The van der Waals surface area contributed by atoms with Crippen LogP contribution in [0.15, 0.2) is 53.4 Å². The number of rotatable bonds is 6. The summed E-state index contributed by atoms with van der Waals surface area (Å²) in [6, 6.07) is 14.8. The van der Waals surface area contributed by atoms with E-state index in [4.69, 9.17) is 0 Å². The van der Waals surface area contributed by atoms with Crippen LogP contribution in [0.1, 0.15) is 29.8 Å². The topological polar surface area (TPSA) is 69.7 Å². The third kappa shape index (κ3) is 4.79. The van der Waals surface area contributed by atoms with Crippen molar-refractivity contribution in [1.82, 2.24) is 9.80 Å². The van der Waals surface area contributed by atoms with E-state index >= 15 is 0 Å². The van der Waals surface area contributed by atoms with Crippen LogP contribution in [0.5, 0.6) is 0 Å². The van der Waals surface area contributed by atoms with Gasteiger partial charge in [-0.2, -0.15) is 0 Å². The molecule has 0 aliphatic carbocycles. The average molecular weight is 412 g/mol. The zero-order chi connectivity index (χ0) is 21.0. The molecule has 0 spiro atoms. The minimum Gasteiger partial charge on any atom is -0.330 e. The summed E-state index contributed by atoms with van der Waals surface area (Å²) in [6.07, 6.45) is 1.97. The van der Waals surface area contributed by atoms with E-state index < -0.39 is 11.8 Å². The van der Waals surface area contributed by atoms with Gasteiger partial charge >= 0.3 is 11.8 Å². The molecular formula is C22H25N3O3S. The standard InChI is InChI=1S/C22H25N3O3S/c1-15(2)25-13-12-24(21(27)22(25)28)14-16-8-10-17(11-9-16)20(26)23-18-6-4-5-7-19(18)29-3/h4-11,15H,12-14H2,1-3H3,(H,23,26). The van der Waals surface area contributed by atoms with Gasteiger partial charge in [0.05, 0.1) is 5.69 Å². The molecule has 2 aromatic carbocycles. The van der Waals surface area contributed by atoms with Crippen LogP contribution < -0.4 is 5.32 Å². The first-order valence-electron chi connectivity index (χ1n) is 9.54. The molecule has 1 aliphatic rings. The van der Waals surface area contributed by atoms with Gasteiger partial charge in [-0.3, -0.25) is 14.4 Å². The van der Waals surface area contributed by atoms with Crippen molar-refractivity contribution in [3.63, 3.8) is 0 Å². The number of carbonyl (C=O) groups excluding carboxylic acids is 3. The maximum Gasteiger partial charge on any atom is 0.312 e. The molecule has 0 atom stereocenters. The average Bonchev–Trinajstić information content (AvgIpc) is 2.72. The quantitative estimate of drug-likeness (QED) is 0.585. The van der Waals surface area contributed by atoms with Crippen LogP contribution in [0.4, 0.5) is 5.69 Å². The first kappa shape index (κ1) is 20.9. The van der Waals surface area contributed by atoms with Gasteiger partial charge in [0.1, 0.15) is 0 Å². The summed E-state index contributed by atoms with van der Waals surface area (Å²) < 4.78 is 0. The number of thioether (sulfide) groups is 1. The molecule has 0 unspecified atom stereocenters.